The largest absolute Gasteiger partial charge is 0.459 e. The van der Waals surface area contributed by atoms with Crippen molar-refractivity contribution in [2.75, 3.05) is 32.2 Å². The second-order valence-corrected chi connectivity index (χ2v) is 7.83. The standard InChI is InChI=1S/C21H23N5O6S/c1-12-17(20(29)31-10-9-30-3)33-21(23-12)25-16(27)7-8-22-19(28)15-6-4-5-14(11-15)18-24-13(2)32-26-18/h4-6,11H,7-10H2,1-3H3,(H,22,28)(H,23,25,27). The molecule has 11 nitrogen and oxygen atoms in total. The fourth-order valence-corrected chi connectivity index (χ4v) is 3.59. The van der Waals surface area contributed by atoms with Crippen LogP contribution in [0.2, 0.25) is 0 Å². The fraction of sp³-hybridized carbons (Fsp3) is 0.333. The molecule has 0 aliphatic heterocycles. The molecule has 3 rings (SSSR count). The van der Waals surface area contributed by atoms with Crippen molar-refractivity contribution in [3.8, 4) is 11.4 Å². The van der Waals surface area contributed by atoms with E-state index in [9.17, 15) is 14.4 Å². The molecule has 0 saturated carbocycles. The summed E-state index contributed by atoms with van der Waals surface area (Å²) in [5.41, 5.74) is 1.51. The highest BCUT2D eigenvalue weighted by atomic mass is 32.1. The first kappa shape index (κ1) is 24.0. The highest BCUT2D eigenvalue weighted by Gasteiger charge is 2.18. The van der Waals surface area contributed by atoms with Gasteiger partial charge in [0.25, 0.3) is 5.91 Å². The van der Waals surface area contributed by atoms with E-state index in [1.807, 2.05) is 0 Å². The van der Waals surface area contributed by atoms with Gasteiger partial charge in [-0.15, -0.1) is 0 Å². The fourth-order valence-electron chi connectivity index (χ4n) is 2.71. The van der Waals surface area contributed by atoms with Crippen molar-refractivity contribution in [3.63, 3.8) is 0 Å². The van der Waals surface area contributed by atoms with E-state index in [0.717, 1.165) is 11.3 Å². The number of thiazole rings is 1. The number of hydrogen-bond donors (Lipinski definition) is 2. The Morgan fingerprint density at radius 2 is 1.97 bits per heavy atom. The van der Waals surface area contributed by atoms with Crippen molar-refractivity contribution in [3.05, 3.63) is 46.3 Å². The molecular weight excluding hydrogens is 450 g/mol. The van der Waals surface area contributed by atoms with Crippen LogP contribution in [0.5, 0.6) is 0 Å². The molecular formula is C21H23N5O6S. The lowest BCUT2D eigenvalue weighted by Gasteiger charge is -2.06. The highest BCUT2D eigenvalue weighted by molar-refractivity contribution is 7.17. The van der Waals surface area contributed by atoms with Gasteiger partial charge in [0, 0.05) is 38.1 Å². The van der Waals surface area contributed by atoms with E-state index in [1.54, 1.807) is 38.1 Å². The number of carbonyl (C=O) groups excluding carboxylic acids is 3. The summed E-state index contributed by atoms with van der Waals surface area (Å²) in [7, 11) is 1.51. The molecule has 0 unspecified atom stereocenters. The number of esters is 1. The lowest BCUT2D eigenvalue weighted by molar-refractivity contribution is -0.116. The predicted octanol–water partition coefficient (Wildman–Crippen LogP) is 2.37. The summed E-state index contributed by atoms with van der Waals surface area (Å²) in [6, 6.07) is 6.78. The molecule has 0 aliphatic rings. The van der Waals surface area contributed by atoms with Gasteiger partial charge in [0.2, 0.25) is 17.6 Å². The van der Waals surface area contributed by atoms with Crippen molar-refractivity contribution in [1.29, 1.82) is 0 Å². The monoisotopic (exact) mass is 473 g/mol. The number of methoxy groups -OCH3 is 1. The number of aryl methyl sites for hydroxylation is 2. The van der Waals surface area contributed by atoms with Gasteiger partial charge >= 0.3 is 5.97 Å². The Kier molecular flexibility index (Phi) is 8.22. The third kappa shape index (κ3) is 6.67. The van der Waals surface area contributed by atoms with Crippen LogP contribution in [0.3, 0.4) is 0 Å². The number of nitrogens with one attached hydrogen (secondary N) is 2. The Hall–Kier alpha value is -3.64. The summed E-state index contributed by atoms with van der Waals surface area (Å²) in [6.07, 6.45) is 0.0295. The molecule has 2 amide bonds. The minimum atomic E-state index is -0.520. The van der Waals surface area contributed by atoms with Crippen LogP contribution < -0.4 is 10.6 Å². The zero-order chi connectivity index (χ0) is 23.8. The third-order valence-electron chi connectivity index (χ3n) is 4.30. The third-order valence-corrected chi connectivity index (χ3v) is 5.35. The van der Waals surface area contributed by atoms with Gasteiger partial charge < -0.3 is 24.6 Å². The molecule has 0 aliphatic carbocycles. The highest BCUT2D eigenvalue weighted by Crippen LogP contribution is 2.23. The minimum Gasteiger partial charge on any atom is -0.459 e. The van der Waals surface area contributed by atoms with Crippen LogP contribution in [0.4, 0.5) is 5.13 Å². The molecule has 0 atom stereocenters. The molecule has 33 heavy (non-hydrogen) atoms. The first-order chi connectivity index (χ1) is 15.9. The molecule has 3 aromatic rings. The number of anilines is 1. The number of carbonyl (C=O) groups is 3. The van der Waals surface area contributed by atoms with Gasteiger partial charge in [0.1, 0.15) is 11.5 Å². The van der Waals surface area contributed by atoms with Crippen LogP contribution in [0.1, 0.15) is 38.0 Å². The quantitative estimate of drug-likeness (QED) is 0.335. The van der Waals surface area contributed by atoms with Gasteiger partial charge in [0.15, 0.2) is 5.13 Å². The molecule has 2 N–H and O–H groups in total. The Balaban J connectivity index is 1.48. The first-order valence-electron chi connectivity index (χ1n) is 9.99. The van der Waals surface area contributed by atoms with Crippen molar-refractivity contribution >= 4 is 34.3 Å². The molecule has 0 spiro atoms. The van der Waals surface area contributed by atoms with Gasteiger partial charge in [0.05, 0.1) is 12.3 Å². The Morgan fingerprint density at radius 3 is 2.70 bits per heavy atom. The maximum Gasteiger partial charge on any atom is 0.350 e. The Bertz CT molecular complexity index is 1140. The second-order valence-electron chi connectivity index (χ2n) is 6.83. The number of rotatable bonds is 10. The first-order valence-corrected chi connectivity index (χ1v) is 10.8. The van der Waals surface area contributed by atoms with Gasteiger partial charge in [-0.1, -0.05) is 28.6 Å². The van der Waals surface area contributed by atoms with Crippen LogP contribution in [-0.2, 0) is 14.3 Å². The molecule has 12 heteroatoms. The minimum absolute atomic E-state index is 0.0295. The van der Waals surface area contributed by atoms with Crippen molar-refractivity contribution in [2.45, 2.75) is 20.3 Å². The number of benzene rings is 1. The maximum atomic E-state index is 12.4. The van der Waals surface area contributed by atoms with Crippen LogP contribution in [0.15, 0.2) is 28.8 Å². The Morgan fingerprint density at radius 1 is 1.15 bits per heavy atom. The number of aromatic nitrogens is 3. The summed E-state index contributed by atoms with van der Waals surface area (Å²) in [5, 5.41) is 9.45. The number of ether oxygens (including phenoxy) is 2. The molecule has 0 radical (unpaired) electrons. The van der Waals surface area contributed by atoms with E-state index in [4.69, 9.17) is 14.0 Å². The zero-order valence-electron chi connectivity index (χ0n) is 18.3. The molecule has 174 valence electrons. The van der Waals surface area contributed by atoms with E-state index in [2.05, 4.69) is 25.8 Å². The van der Waals surface area contributed by atoms with E-state index in [0.29, 0.717) is 40.0 Å². The molecule has 2 aromatic heterocycles. The molecule has 1 aromatic carbocycles. The maximum absolute atomic E-state index is 12.4. The van der Waals surface area contributed by atoms with E-state index in [-0.39, 0.29) is 36.5 Å². The summed E-state index contributed by atoms with van der Waals surface area (Å²) in [6.45, 7) is 3.88. The van der Waals surface area contributed by atoms with Crippen molar-refractivity contribution < 1.29 is 28.4 Å². The van der Waals surface area contributed by atoms with Gasteiger partial charge in [-0.3, -0.25) is 9.59 Å². The van der Waals surface area contributed by atoms with Crippen LogP contribution in [0.25, 0.3) is 11.4 Å². The topological polar surface area (TPSA) is 146 Å². The summed E-state index contributed by atoms with van der Waals surface area (Å²) in [4.78, 5) is 45.3. The van der Waals surface area contributed by atoms with Crippen LogP contribution in [-0.4, -0.2) is 59.8 Å². The lowest BCUT2D eigenvalue weighted by atomic mass is 10.1. The van der Waals surface area contributed by atoms with Gasteiger partial charge in [-0.25, -0.2) is 9.78 Å². The average molecular weight is 474 g/mol. The van der Waals surface area contributed by atoms with E-state index >= 15 is 0 Å². The second kappa shape index (κ2) is 11.3. The van der Waals surface area contributed by atoms with Crippen molar-refractivity contribution in [1.82, 2.24) is 20.4 Å². The number of amides is 2. The lowest BCUT2D eigenvalue weighted by Crippen LogP contribution is -2.27. The molecule has 0 fully saturated rings. The SMILES string of the molecule is COCCOC(=O)c1sc(NC(=O)CCNC(=O)c2cccc(-c3noc(C)n3)c2)nc1C. The predicted molar refractivity (Wildman–Crippen MR) is 119 cm³/mol. The molecule has 2 heterocycles. The summed E-state index contributed by atoms with van der Waals surface area (Å²) < 4.78 is 14.9. The normalized spacial score (nSPS) is 10.6. The zero-order valence-corrected chi connectivity index (χ0v) is 19.2. The average Bonchev–Trinajstić information content (AvgIpc) is 3.39. The Labute approximate surface area is 193 Å². The molecule has 0 bridgehead atoms. The van der Waals surface area contributed by atoms with E-state index in [1.165, 1.54) is 7.11 Å². The summed E-state index contributed by atoms with van der Waals surface area (Å²) in [5.74, 6) is -0.387. The van der Waals surface area contributed by atoms with Crippen molar-refractivity contribution in [2.24, 2.45) is 0 Å². The van der Waals surface area contributed by atoms with Gasteiger partial charge in [-0.2, -0.15) is 4.98 Å². The van der Waals surface area contributed by atoms with E-state index < -0.39 is 5.97 Å². The summed E-state index contributed by atoms with van der Waals surface area (Å²) >= 11 is 1.03. The van der Waals surface area contributed by atoms with Crippen LogP contribution >= 0.6 is 11.3 Å². The number of hydrogen-bond acceptors (Lipinski definition) is 10. The van der Waals surface area contributed by atoms with Crippen LogP contribution in [0, 0.1) is 13.8 Å². The number of nitrogens with zero attached hydrogens (tertiary/aromatic N) is 3. The molecule has 0 saturated heterocycles. The van der Waals surface area contributed by atoms with Gasteiger partial charge in [-0.05, 0) is 19.1 Å². The smallest absolute Gasteiger partial charge is 0.350 e.